The molecule has 0 aromatic heterocycles. The summed E-state index contributed by atoms with van der Waals surface area (Å²) in [5, 5.41) is 25.6. The highest BCUT2D eigenvalue weighted by Crippen LogP contribution is 2.05. The van der Waals surface area contributed by atoms with Crippen molar-refractivity contribution in [2.45, 2.75) is 71.8 Å². The summed E-state index contributed by atoms with van der Waals surface area (Å²) in [6.07, 6.45) is -1.31. The number of nitrogens with one attached hydrogen (secondary N) is 3. The largest absolute Gasteiger partial charge is 0.480 e. The highest BCUT2D eigenvalue weighted by atomic mass is 16.4. The number of nitrogens with two attached hydrogens (primary N) is 1. The van der Waals surface area contributed by atoms with Gasteiger partial charge in [-0.2, -0.15) is 0 Å². The number of aliphatic hydroxyl groups excluding tert-OH is 1. The third-order valence-corrected chi connectivity index (χ3v) is 4.07. The third kappa shape index (κ3) is 7.92. The number of carboxylic acids is 1. The summed E-state index contributed by atoms with van der Waals surface area (Å²) < 4.78 is 0. The number of amides is 3. The number of aliphatic hydroxyl groups is 1. The van der Waals surface area contributed by atoms with E-state index in [1.54, 1.807) is 27.7 Å². The second-order valence-electron chi connectivity index (χ2n) is 7.30. The van der Waals surface area contributed by atoms with E-state index in [1.807, 2.05) is 0 Å². The molecule has 0 bridgehead atoms. The van der Waals surface area contributed by atoms with Gasteiger partial charge in [0.15, 0.2) is 6.04 Å². The molecule has 5 unspecified atom stereocenters. The number of hydrogen-bond acceptors (Lipinski definition) is 6. The predicted octanol–water partition coefficient (Wildman–Crippen LogP) is -1.43. The van der Waals surface area contributed by atoms with Gasteiger partial charge >= 0.3 is 5.97 Å². The van der Waals surface area contributed by atoms with Crippen LogP contribution in [0.5, 0.6) is 0 Å². The lowest BCUT2D eigenvalue weighted by atomic mass is 10.00. The Labute approximate surface area is 159 Å². The number of carbonyl (C=O) groups is 4. The Morgan fingerprint density at radius 3 is 1.59 bits per heavy atom. The molecule has 10 heteroatoms. The predicted molar refractivity (Wildman–Crippen MR) is 98.4 cm³/mol. The van der Waals surface area contributed by atoms with E-state index in [-0.39, 0.29) is 11.8 Å². The van der Waals surface area contributed by atoms with Gasteiger partial charge in [0.25, 0.3) is 0 Å². The summed E-state index contributed by atoms with van der Waals surface area (Å²) in [5.41, 5.74) is 5.78. The minimum absolute atomic E-state index is 0.112. The van der Waals surface area contributed by atoms with E-state index < -0.39 is 54.0 Å². The molecule has 156 valence electrons. The maximum atomic E-state index is 12.5. The molecular weight excluding hydrogens is 356 g/mol. The molecule has 27 heavy (non-hydrogen) atoms. The first kappa shape index (κ1) is 24.8. The van der Waals surface area contributed by atoms with Crippen LogP contribution in [0, 0.1) is 11.8 Å². The van der Waals surface area contributed by atoms with Crippen molar-refractivity contribution in [1.29, 1.82) is 0 Å². The van der Waals surface area contributed by atoms with Gasteiger partial charge in [0, 0.05) is 0 Å². The van der Waals surface area contributed by atoms with Crippen LogP contribution in [0.3, 0.4) is 0 Å². The van der Waals surface area contributed by atoms with Crippen LogP contribution in [0.4, 0.5) is 0 Å². The lowest BCUT2D eigenvalue weighted by Gasteiger charge is -2.26. The zero-order valence-corrected chi connectivity index (χ0v) is 16.6. The van der Waals surface area contributed by atoms with Gasteiger partial charge in [0.05, 0.1) is 12.1 Å². The number of hydrogen-bond donors (Lipinski definition) is 6. The first-order valence-corrected chi connectivity index (χ1v) is 8.87. The average Bonchev–Trinajstić information content (AvgIpc) is 2.54. The summed E-state index contributed by atoms with van der Waals surface area (Å²) >= 11 is 0. The van der Waals surface area contributed by atoms with Crippen molar-refractivity contribution < 1.29 is 29.4 Å². The second kappa shape index (κ2) is 10.8. The van der Waals surface area contributed by atoms with Crippen molar-refractivity contribution >= 4 is 23.7 Å². The number of carboxylic acid groups (broad SMARTS) is 1. The Morgan fingerprint density at radius 2 is 1.22 bits per heavy atom. The molecule has 0 heterocycles. The molecule has 7 N–H and O–H groups in total. The highest BCUT2D eigenvalue weighted by Gasteiger charge is 2.31. The molecule has 5 atom stereocenters. The Kier molecular flexibility index (Phi) is 9.95. The lowest BCUT2D eigenvalue weighted by molar-refractivity contribution is -0.145. The lowest BCUT2D eigenvalue weighted by Crippen LogP contribution is -2.59. The Morgan fingerprint density at radius 1 is 0.741 bits per heavy atom. The van der Waals surface area contributed by atoms with Crippen molar-refractivity contribution in [2.24, 2.45) is 17.6 Å². The Balaban J connectivity index is 5.00. The average molecular weight is 388 g/mol. The number of carbonyl (C=O) groups excluding carboxylic acids is 3. The van der Waals surface area contributed by atoms with Gasteiger partial charge in [0.1, 0.15) is 12.1 Å². The molecule has 0 spiro atoms. The van der Waals surface area contributed by atoms with Crippen LogP contribution in [-0.2, 0) is 19.2 Å². The second-order valence-corrected chi connectivity index (χ2v) is 7.30. The smallest absolute Gasteiger partial charge is 0.328 e. The van der Waals surface area contributed by atoms with Gasteiger partial charge < -0.3 is 31.9 Å². The van der Waals surface area contributed by atoms with Crippen LogP contribution in [0.2, 0.25) is 0 Å². The summed E-state index contributed by atoms with van der Waals surface area (Å²) in [6.45, 7) is 9.61. The van der Waals surface area contributed by atoms with E-state index in [9.17, 15) is 24.3 Å². The van der Waals surface area contributed by atoms with Crippen molar-refractivity contribution in [3.05, 3.63) is 0 Å². The van der Waals surface area contributed by atoms with Crippen molar-refractivity contribution in [2.75, 3.05) is 0 Å². The quantitative estimate of drug-likeness (QED) is 0.266. The Bertz CT molecular complexity index is 550. The maximum absolute atomic E-state index is 12.5. The molecule has 0 aliphatic heterocycles. The van der Waals surface area contributed by atoms with Gasteiger partial charge in [-0.1, -0.05) is 27.7 Å². The Hall–Kier alpha value is -2.20. The molecule has 0 fully saturated rings. The van der Waals surface area contributed by atoms with Crippen LogP contribution in [-0.4, -0.2) is 64.2 Å². The number of aliphatic carboxylic acids is 1. The molecule has 10 nitrogen and oxygen atoms in total. The molecule has 3 amide bonds. The third-order valence-electron chi connectivity index (χ3n) is 4.07. The molecule has 0 aliphatic rings. The molecule has 0 rings (SSSR count). The minimum Gasteiger partial charge on any atom is -0.480 e. The fraction of sp³-hybridized carbons (Fsp3) is 0.765. The summed E-state index contributed by atoms with van der Waals surface area (Å²) in [7, 11) is 0. The van der Waals surface area contributed by atoms with Gasteiger partial charge in [0.2, 0.25) is 17.7 Å². The fourth-order valence-electron chi connectivity index (χ4n) is 2.12. The number of rotatable bonds is 10. The van der Waals surface area contributed by atoms with E-state index in [0.29, 0.717) is 0 Å². The zero-order chi connectivity index (χ0) is 21.5. The SMILES string of the molecule is CC(NC(=O)C(NC(=O)C(N)C(C)C)C(C)C)C(=O)NC(C(=O)O)C(C)O. The van der Waals surface area contributed by atoms with Crippen LogP contribution in [0.15, 0.2) is 0 Å². The normalized spacial score (nSPS) is 16.8. The molecule has 0 aliphatic carbocycles. The molecule has 0 saturated heterocycles. The first-order valence-electron chi connectivity index (χ1n) is 8.87. The summed E-state index contributed by atoms with van der Waals surface area (Å²) in [4.78, 5) is 47.7. The van der Waals surface area contributed by atoms with Crippen LogP contribution in [0.1, 0.15) is 41.5 Å². The van der Waals surface area contributed by atoms with E-state index in [1.165, 1.54) is 13.8 Å². The van der Waals surface area contributed by atoms with Crippen LogP contribution >= 0.6 is 0 Å². The van der Waals surface area contributed by atoms with E-state index in [4.69, 9.17) is 10.8 Å². The first-order chi connectivity index (χ1) is 12.3. The van der Waals surface area contributed by atoms with Crippen LogP contribution in [0.25, 0.3) is 0 Å². The van der Waals surface area contributed by atoms with Gasteiger partial charge in [-0.3, -0.25) is 14.4 Å². The van der Waals surface area contributed by atoms with Gasteiger partial charge in [-0.25, -0.2) is 4.79 Å². The maximum Gasteiger partial charge on any atom is 0.328 e. The topological polar surface area (TPSA) is 171 Å². The highest BCUT2D eigenvalue weighted by molar-refractivity contribution is 5.94. The van der Waals surface area contributed by atoms with E-state index >= 15 is 0 Å². The van der Waals surface area contributed by atoms with Gasteiger partial charge in [-0.05, 0) is 25.7 Å². The minimum atomic E-state index is -1.50. The van der Waals surface area contributed by atoms with E-state index in [2.05, 4.69) is 16.0 Å². The zero-order valence-electron chi connectivity index (χ0n) is 16.6. The fourth-order valence-corrected chi connectivity index (χ4v) is 2.12. The molecular formula is C17H32N4O6. The summed E-state index contributed by atoms with van der Waals surface area (Å²) in [6, 6.07) is -4.26. The van der Waals surface area contributed by atoms with Crippen molar-refractivity contribution in [1.82, 2.24) is 16.0 Å². The van der Waals surface area contributed by atoms with E-state index in [0.717, 1.165) is 0 Å². The molecule has 0 aromatic rings. The van der Waals surface area contributed by atoms with Crippen molar-refractivity contribution in [3.63, 3.8) is 0 Å². The standard InChI is InChI=1S/C17H32N4O6/c1-7(2)11(18)15(24)20-12(8(3)4)16(25)19-9(5)14(23)21-13(10(6)22)17(26)27/h7-13,22H,18H2,1-6H3,(H,19,25)(H,20,24)(H,21,23)(H,26,27). The molecule has 0 radical (unpaired) electrons. The monoisotopic (exact) mass is 388 g/mol. The van der Waals surface area contributed by atoms with Crippen molar-refractivity contribution in [3.8, 4) is 0 Å². The summed E-state index contributed by atoms with van der Waals surface area (Å²) in [5.74, 6) is -3.63. The molecule has 0 aromatic carbocycles. The molecule has 0 saturated carbocycles. The van der Waals surface area contributed by atoms with Gasteiger partial charge in [-0.15, -0.1) is 0 Å². The van der Waals surface area contributed by atoms with Crippen LogP contribution < -0.4 is 21.7 Å².